The van der Waals surface area contributed by atoms with Crippen LogP contribution in [0.2, 0.25) is 0 Å². The van der Waals surface area contributed by atoms with Crippen molar-refractivity contribution in [3.63, 3.8) is 0 Å². The maximum Gasteiger partial charge on any atom is 0.407 e. The summed E-state index contributed by atoms with van der Waals surface area (Å²) in [6.07, 6.45) is -6.42. The number of nitrogens with one attached hydrogen (secondary N) is 1. The monoisotopic (exact) mass is 282 g/mol. The van der Waals surface area contributed by atoms with E-state index < -0.39 is 42.7 Å². The van der Waals surface area contributed by atoms with Crippen molar-refractivity contribution in [2.45, 2.75) is 18.7 Å². The second kappa shape index (κ2) is 4.55. The molecule has 0 saturated carbocycles. The Balaban J connectivity index is 2.01. The summed E-state index contributed by atoms with van der Waals surface area (Å²) < 4.78 is 43.5. The van der Waals surface area contributed by atoms with Crippen molar-refractivity contribution in [1.82, 2.24) is 10.2 Å². The molecule has 2 unspecified atom stereocenters. The Morgan fingerprint density at radius 3 is 2.68 bits per heavy atom. The summed E-state index contributed by atoms with van der Waals surface area (Å²) in [6.45, 7) is -0.273. The minimum Gasteiger partial charge on any atom is -0.481 e. The first kappa shape index (κ1) is 13.9. The molecule has 0 spiro atoms. The van der Waals surface area contributed by atoms with Gasteiger partial charge in [-0.1, -0.05) is 0 Å². The van der Waals surface area contributed by atoms with Crippen molar-refractivity contribution >= 4 is 12.1 Å². The predicted molar refractivity (Wildman–Crippen MR) is 55.5 cm³/mol. The van der Waals surface area contributed by atoms with Crippen LogP contribution in [0.5, 0.6) is 0 Å². The Bertz CT molecular complexity index is 401. The van der Waals surface area contributed by atoms with E-state index in [-0.39, 0.29) is 19.6 Å². The fourth-order valence-electron chi connectivity index (χ4n) is 2.39. The number of aliphatic carboxylic acids is 1. The molecule has 0 aromatic heterocycles. The Kier molecular flexibility index (Phi) is 3.33. The number of alkyl halides is 3. The van der Waals surface area contributed by atoms with Gasteiger partial charge in [-0.2, -0.15) is 13.2 Å². The first-order valence-electron chi connectivity index (χ1n) is 5.71. The van der Waals surface area contributed by atoms with Gasteiger partial charge in [-0.25, -0.2) is 4.79 Å². The Morgan fingerprint density at radius 2 is 2.26 bits per heavy atom. The van der Waals surface area contributed by atoms with Crippen molar-refractivity contribution in [3.05, 3.63) is 0 Å². The lowest BCUT2D eigenvalue weighted by atomic mass is 9.86. The smallest absolute Gasteiger partial charge is 0.407 e. The molecule has 2 heterocycles. The van der Waals surface area contributed by atoms with Crippen molar-refractivity contribution in [2.24, 2.45) is 5.41 Å². The van der Waals surface area contributed by atoms with Gasteiger partial charge in [-0.15, -0.1) is 0 Å². The molecule has 19 heavy (non-hydrogen) atoms. The lowest BCUT2D eigenvalue weighted by Gasteiger charge is -2.27. The van der Waals surface area contributed by atoms with E-state index in [2.05, 4.69) is 5.32 Å². The van der Waals surface area contributed by atoms with Gasteiger partial charge in [-0.05, 0) is 13.0 Å². The van der Waals surface area contributed by atoms with Crippen molar-refractivity contribution in [3.8, 4) is 0 Å². The Hall–Kier alpha value is -1.51. The van der Waals surface area contributed by atoms with Gasteiger partial charge in [0.1, 0.15) is 6.10 Å². The van der Waals surface area contributed by atoms with Gasteiger partial charge >= 0.3 is 18.2 Å². The normalized spacial score (nSPS) is 32.2. The molecular weight excluding hydrogens is 269 g/mol. The van der Waals surface area contributed by atoms with Crippen LogP contribution in [0.1, 0.15) is 6.42 Å². The zero-order chi connectivity index (χ0) is 14.3. The second-order valence-corrected chi connectivity index (χ2v) is 4.78. The fraction of sp³-hybridized carbons (Fsp3) is 0.800. The van der Waals surface area contributed by atoms with E-state index in [1.807, 2.05) is 0 Å². The molecule has 1 amide bonds. The number of alkyl carbamates (subject to hydrolysis) is 1. The number of carbonyl (C=O) groups excluding carboxylic acids is 1. The average Bonchev–Trinajstić information content (AvgIpc) is 2.85. The molecule has 2 aliphatic heterocycles. The molecule has 0 aromatic rings. The Morgan fingerprint density at radius 1 is 1.58 bits per heavy atom. The summed E-state index contributed by atoms with van der Waals surface area (Å²) in [7, 11) is 0. The number of carboxylic acid groups (broad SMARTS) is 1. The molecule has 9 heteroatoms. The van der Waals surface area contributed by atoms with E-state index in [1.165, 1.54) is 4.90 Å². The van der Waals surface area contributed by atoms with Crippen LogP contribution in [-0.4, -0.2) is 60.5 Å². The number of likely N-dealkylation sites (tertiary alicyclic amines) is 1. The average molecular weight is 282 g/mol. The van der Waals surface area contributed by atoms with Crippen LogP contribution in [0.25, 0.3) is 0 Å². The summed E-state index contributed by atoms with van der Waals surface area (Å²) in [5.41, 5.74) is -2.72. The van der Waals surface area contributed by atoms with Gasteiger partial charge in [0, 0.05) is 13.1 Å². The highest BCUT2D eigenvalue weighted by atomic mass is 19.4. The highest BCUT2D eigenvalue weighted by molar-refractivity contribution is 5.76. The molecule has 0 aliphatic carbocycles. The van der Waals surface area contributed by atoms with Gasteiger partial charge in [0.25, 0.3) is 0 Å². The summed E-state index contributed by atoms with van der Waals surface area (Å²) in [6, 6.07) is 0. The van der Waals surface area contributed by atoms with Gasteiger partial charge in [0.15, 0.2) is 5.41 Å². The van der Waals surface area contributed by atoms with Crippen LogP contribution in [0.3, 0.4) is 0 Å². The van der Waals surface area contributed by atoms with Crippen LogP contribution < -0.4 is 5.32 Å². The number of carbonyl (C=O) groups is 2. The fourth-order valence-corrected chi connectivity index (χ4v) is 2.39. The number of hydrogen-bond acceptors (Lipinski definition) is 4. The molecule has 0 aromatic carbocycles. The van der Waals surface area contributed by atoms with Crippen LogP contribution in [0.4, 0.5) is 18.0 Å². The second-order valence-electron chi connectivity index (χ2n) is 4.78. The number of cyclic esters (lactones) is 1. The number of halogens is 3. The third-order valence-corrected chi connectivity index (χ3v) is 3.51. The number of nitrogens with zero attached hydrogens (tertiary/aromatic N) is 1. The van der Waals surface area contributed by atoms with Crippen LogP contribution >= 0.6 is 0 Å². The number of amides is 1. The zero-order valence-corrected chi connectivity index (χ0v) is 9.87. The molecule has 2 N–H and O–H groups in total. The molecule has 2 fully saturated rings. The number of rotatable bonds is 3. The third-order valence-electron chi connectivity index (χ3n) is 3.51. The standard InChI is InChI=1S/C10H13F3N2O4/c11-10(12,13)9(7(16)17)1-2-15(5-9)4-6-3-14-8(18)19-6/h6H,1-5H2,(H,14,18)(H,16,17). The lowest BCUT2D eigenvalue weighted by Crippen LogP contribution is -2.47. The number of carboxylic acids is 1. The molecule has 0 bridgehead atoms. The van der Waals surface area contributed by atoms with Crippen LogP contribution in [0, 0.1) is 5.41 Å². The molecular formula is C10H13F3N2O4. The van der Waals surface area contributed by atoms with Crippen molar-refractivity contribution < 1.29 is 32.6 Å². The molecule has 2 aliphatic rings. The summed E-state index contributed by atoms with van der Waals surface area (Å²) >= 11 is 0. The van der Waals surface area contributed by atoms with E-state index in [4.69, 9.17) is 9.84 Å². The van der Waals surface area contributed by atoms with E-state index >= 15 is 0 Å². The minimum absolute atomic E-state index is 0.0138. The molecule has 6 nitrogen and oxygen atoms in total. The van der Waals surface area contributed by atoms with Crippen molar-refractivity contribution in [1.29, 1.82) is 0 Å². The highest BCUT2D eigenvalue weighted by Crippen LogP contribution is 2.45. The molecule has 108 valence electrons. The number of ether oxygens (including phenoxy) is 1. The van der Waals surface area contributed by atoms with E-state index in [0.29, 0.717) is 0 Å². The predicted octanol–water partition coefficient (Wildman–Crippen LogP) is 0.434. The third kappa shape index (κ3) is 2.46. The SMILES string of the molecule is O=C1NCC(CN2CCC(C(=O)O)(C(F)(F)F)C2)O1. The summed E-state index contributed by atoms with van der Waals surface area (Å²) in [4.78, 5) is 23.1. The van der Waals surface area contributed by atoms with Gasteiger partial charge in [0.2, 0.25) is 0 Å². The maximum atomic E-state index is 12.9. The van der Waals surface area contributed by atoms with Gasteiger partial charge in [0.05, 0.1) is 6.54 Å². The van der Waals surface area contributed by atoms with E-state index in [0.717, 1.165) is 0 Å². The number of hydrogen-bond donors (Lipinski definition) is 2. The Labute approximate surface area is 106 Å². The van der Waals surface area contributed by atoms with Crippen LogP contribution in [0.15, 0.2) is 0 Å². The largest absolute Gasteiger partial charge is 0.481 e. The topological polar surface area (TPSA) is 78.9 Å². The molecule has 2 saturated heterocycles. The first-order chi connectivity index (χ1) is 8.74. The summed E-state index contributed by atoms with van der Waals surface area (Å²) in [5.74, 6) is -1.86. The van der Waals surface area contributed by atoms with E-state index in [1.54, 1.807) is 0 Å². The molecule has 0 radical (unpaired) electrons. The highest BCUT2D eigenvalue weighted by Gasteiger charge is 2.63. The zero-order valence-electron chi connectivity index (χ0n) is 9.87. The molecule has 2 atom stereocenters. The minimum atomic E-state index is -4.79. The van der Waals surface area contributed by atoms with E-state index in [9.17, 15) is 22.8 Å². The van der Waals surface area contributed by atoms with Gasteiger partial charge in [-0.3, -0.25) is 9.69 Å². The first-order valence-corrected chi connectivity index (χ1v) is 5.71. The van der Waals surface area contributed by atoms with Gasteiger partial charge < -0.3 is 15.2 Å². The van der Waals surface area contributed by atoms with Crippen LogP contribution in [-0.2, 0) is 9.53 Å². The quantitative estimate of drug-likeness (QED) is 0.785. The molecule has 2 rings (SSSR count). The summed E-state index contributed by atoms with van der Waals surface area (Å²) in [5, 5.41) is 11.3. The maximum absolute atomic E-state index is 12.9. The van der Waals surface area contributed by atoms with Crippen molar-refractivity contribution in [2.75, 3.05) is 26.2 Å². The lowest BCUT2D eigenvalue weighted by molar-refractivity contribution is -0.227.